The summed E-state index contributed by atoms with van der Waals surface area (Å²) in [4.78, 5) is 15.2. The summed E-state index contributed by atoms with van der Waals surface area (Å²) in [5, 5.41) is 0. The molecule has 4 nitrogen and oxygen atoms in total. The maximum absolute atomic E-state index is 13.0. The molecule has 0 atom stereocenters. The van der Waals surface area contributed by atoms with Crippen molar-refractivity contribution in [3.8, 4) is 5.75 Å². The molecule has 0 N–H and O–H groups in total. The number of methoxy groups -OCH3 is 1. The van der Waals surface area contributed by atoms with Crippen LogP contribution in [0.5, 0.6) is 5.75 Å². The molecule has 2 fully saturated rings. The zero-order valence-electron chi connectivity index (χ0n) is 16.3. The lowest BCUT2D eigenvalue weighted by atomic mass is 9.93. The molecule has 2 aliphatic carbocycles. The number of aromatic nitrogens is 1. The predicted molar refractivity (Wildman–Crippen MR) is 107 cm³/mol. The van der Waals surface area contributed by atoms with E-state index in [4.69, 9.17) is 4.74 Å². The first-order chi connectivity index (χ1) is 13.2. The fourth-order valence-electron chi connectivity index (χ4n) is 4.23. The van der Waals surface area contributed by atoms with Crippen LogP contribution in [0.1, 0.15) is 56.2 Å². The maximum Gasteiger partial charge on any atom is 0.226 e. The Morgan fingerprint density at radius 3 is 2.67 bits per heavy atom. The van der Waals surface area contributed by atoms with Crippen molar-refractivity contribution in [3.63, 3.8) is 0 Å². The van der Waals surface area contributed by atoms with Crippen LogP contribution in [0.2, 0.25) is 0 Å². The highest BCUT2D eigenvalue weighted by molar-refractivity contribution is 5.81. The SMILES string of the molecule is COc1cccc(Cn2cccc2CN(C(=O)C2CC2)C2CCCCC2)c1. The fourth-order valence-corrected chi connectivity index (χ4v) is 4.23. The molecule has 2 aromatic rings. The molecular weight excluding hydrogens is 336 g/mol. The van der Waals surface area contributed by atoms with Gasteiger partial charge < -0.3 is 14.2 Å². The largest absolute Gasteiger partial charge is 0.497 e. The predicted octanol–water partition coefficient (Wildman–Crippen LogP) is 4.62. The number of carbonyl (C=O) groups is 1. The summed E-state index contributed by atoms with van der Waals surface area (Å²) in [6.45, 7) is 1.53. The first kappa shape index (κ1) is 18.1. The van der Waals surface area contributed by atoms with Crippen LogP contribution in [0.15, 0.2) is 42.6 Å². The van der Waals surface area contributed by atoms with E-state index >= 15 is 0 Å². The summed E-state index contributed by atoms with van der Waals surface area (Å²) in [5.41, 5.74) is 2.43. The number of amides is 1. The Morgan fingerprint density at radius 2 is 1.93 bits per heavy atom. The maximum atomic E-state index is 13.0. The Morgan fingerprint density at radius 1 is 1.11 bits per heavy atom. The molecule has 2 aliphatic rings. The average molecular weight is 367 g/mol. The van der Waals surface area contributed by atoms with E-state index in [0.29, 0.717) is 11.9 Å². The van der Waals surface area contributed by atoms with Gasteiger partial charge in [-0.15, -0.1) is 0 Å². The highest BCUT2D eigenvalue weighted by Gasteiger charge is 2.36. The van der Waals surface area contributed by atoms with Crippen molar-refractivity contribution in [3.05, 3.63) is 53.9 Å². The Balaban J connectivity index is 1.51. The molecule has 0 saturated heterocycles. The molecule has 0 bridgehead atoms. The third-order valence-electron chi connectivity index (χ3n) is 5.97. The van der Waals surface area contributed by atoms with Crippen molar-refractivity contribution in [2.45, 2.75) is 64.1 Å². The Kier molecular flexibility index (Phi) is 5.51. The summed E-state index contributed by atoms with van der Waals surface area (Å²) in [5.74, 6) is 1.55. The second-order valence-corrected chi connectivity index (χ2v) is 8.01. The summed E-state index contributed by atoms with van der Waals surface area (Å²) < 4.78 is 7.62. The zero-order valence-corrected chi connectivity index (χ0v) is 16.3. The van der Waals surface area contributed by atoms with Gasteiger partial charge in [0.25, 0.3) is 0 Å². The minimum atomic E-state index is 0.286. The normalized spacial score (nSPS) is 17.7. The smallest absolute Gasteiger partial charge is 0.226 e. The van der Waals surface area contributed by atoms with E-state index in [0.717, 1.165) is 44.5 Å². The molecule has 27 heavy (non-hydrogen) atoms. The zero-order chi connectivity index (χ0) is 18.6. The van der Waals surface area contributed by atoms with E-state index in [9.17, 15) is 4.79 Å². The van der Waals surface area contributed by atoms with Crippen molar-refractivity contribution in [1.82, 2.24) is 9.47 Å². The van der Waals surface area contributed by atoms with Crippen LogP contribution in [-0.4, -0.2) is 28.5 Å². The summed E-state index contributed by atoms with van der Waals surface area (Å²) in [6.07, 6.45) is 10.4. The quantitative estimate of drug-likeness (QED) is 0.717. The first-order valence-corrected chi connectivity index (χ1v) is 10.3. The average Bonchev–Trinajstić information content (AvgIpc) is 3.48. The standard InChI is InChI=1S/C23H30N2O2/c1-27-22-11-5-7-18(15-22)16-24-14-6-10-21(24)17-25(23(26)19-12-13-19)20-8-3-2-4-9-20/h5-7,10-11,14-15,19-20H,2-4,8-9,12-13,16-17H2,1H3. The lowest BCUT2D eigenvalue weighted by Crippen LogP contribution is -2.42. The Hall–Kier alpha value is -2.23. The third kappa shape index (κ3) is 4.37. The van der Waals surface area contributed by atoms with E-state index in [2.05, 4.69) is 39.9 Å². The Bertz CT molecular complexity index is 772. The van der Waals surface area contributed by atoms with Crippen LogP contribution >= 0.6 is 0 Å². The minimum absolute atomic E-state index is 0.286. The molecule has 4 rings (SSSR count). The number of benzene rings is 1. The van der Waals surface area contributed by atoms with Gasteiger partial charge in [-0.25, -0.2) is 0 Å². The fraction of sp³-hybridized carbons (Fsp3) is 0.522. The second kappa shape index (κ2) is 8.20. The van der Waals surface area contributed by atoms with Gasteiger partial charge in [0.15, 0.2) is 0 Å². The van der Waals surface area contributed by atoms with E-state index < -0.39 is 0 Å². The molecule has 0 unspecified atom stereocenters. The molecule has 4 heteroatoms. The van der Waals surface area contributed by atoms with Crippen molar-refractivity contribution in [2.75, 3.05) is 7.11 Å². The van der Waals surface area contributed by atoms with Crippen molar-refractivity contribution < 1.29 is 9.53 Å². The van der Waals surface area contributed by atoms with Gasteiger partial charge in [-0.2, -0.15) is 0 Å². The molecule has 0 aliphatic heterocycles. The molecule has 1 aromatic carbocycles. The molecular formula is C23H30N2O2. The Labute approximate surface area is 162 Å². The molecule has 1 heterocycles. The van der Waals surface area contributed by atoms with Gasteiger partial charge in [-0.3, -0.25) is 4.79 Å². The summed E-state index contributed by atoms with van der Waals surface area (Å²) >= 11 is 0. The third-order valence-corrected chi connectivity index (χ3v) is 5.97. The van der Waals surface area contributed by atoms with Gasteiger partial charge in [0.1, 0.15) is 5.75 Å². The monoisotopic (exact) mass is 366 g/mol. The van der Waals surface area contributed by atoms with E-state index in [1.807, 2.05) is 12.1 Å². The van der Waals surface area contributed by atoms with E-state index in [1.54, 1.807) is 7.11 Å². The summed E-state index contributed by atoms with van der Waals surface area (Å²) in [6, 6.07) is 12.9. The van der Waals surface area contributed by atoms with Gasteiger partial charge in [-0.1, -0.05) is 31.4 Å². The molecule has 144 valence electrons. The number of ether oxygens (including phenoxy) is 1. The van der Waals surface area contributed by atoms with E-state index in [-0.39, 0.29) is 5.92 Å². The topological polar surface area (TPSA) is 34.5 Å². The van der Waals surface area contributed by atoms with Gasteiger partial charge in [0.2, 0.25) is 5.91 Å². The molecule has 1 aromatic heterocycles. The van der Waals surface area contributed by atoms with Crippen LogP contribution in [0, 0.1) is 5.92 Å². The molecule has 2 saturated carbocycles. The number of carbonyl (C=O) groups excluding carboxylic acids is 1. The van der Waals surface area contributed by atoms with Crippen molar-refractivity contribution in [1.29, 1.82) is 0 Å². The van der Waals surface area contributed by atoms with Crippen molar-refractivity contribution >= 4 is 5.91 Å². The summed E-state index contributed by atoms with van der Waals surface area (Å²) in [7, 11) is 1.70. The number of nitrogens with zero attached hydrogens (tertiary/aromatic N) is 2. The van der Waals surface area contributed by atoms with Crippen molar-refractivity contribution in [2.24, 2.45) is 5.92 Å². The number of hydrogen-bond donors (Lipinski definition) is 0. The minimum Gasteiger partial charge on any atom is -0.497 e. The van der Waals surface area contributed by atoms with Crippen LogP contribution in [0.4, 0.5) is 0 Å². The van der Waals surface area contributed by atoms with Gasteiger partial charge in [0, 0.05) is 30.4 Å². The first-order valence-electron chi connectivity index (χ1n) is 10.3. The lowest BCUT2D eigenvalue weighted by molar-refractivity contribution is -0.136. The highest BCUT2D eigenvalue weighted by atomic mass is 16.5. The lowest BCUT2D eigenvalue weighted by Gasteiger charge is -2.35. The van der Waals surface area contributed by atoms with Gasteiger partial charge >= 0.3 is 0 Å². The van der Waals surface area contributed by atoms with Crippen LogP contribution in [0.3, 0.4) is 0 Å². The van der Waals surface area contributed by atoms with Crippen LogP contribution in [0.25, 0.3) is 0 Å². The second-order valence-electron chi connectivity index (χ2n) is 8.01. The van der Waals surface area contributed by atoms with E-state index in [1.165, 1.54) is 30.5 Å². The number of rotatable bonds is 7. The van der Waals surface area contributed by atoms with Gasteiger partial charge in [0.05, 0.1) is 13.7 Å². The molecule has 0 radical (unpaired) electrons. The van der Waals surface area contributed by atoms with Crippen LogP contribution < -0.4 is 4.74 Å². The van der Waals surface area contributed by atoms with Gasteiger partial charge in [-0.05, 0) is 55.5 Å². The number of hydrogen-bond acceptors (Lipinski definition) is 2. The highest BCUT2D eigenvalue weighted by Crippen LogP contribution is 2.34. The molecule has 0 spiro atoms. The van der Waals surface area contributed by atoms with Crippen LogP contribution in [-0.2, 0) is 17.9 Å². The molecule has 1 amide bonds.